The number of carbonyl (C=O) groups is 3. The molecule has 2 aromatic carbocycles. The Labute approximate surface area is 198 Å². The fourth-order valence-corrected chi connectivity index (χ4v) is 3.32. The third-order valence-corrected chi connectivity index (χ3v) is 4.91. The molecule has 0 heterocycles. The van der Waals surface area contributed by atoms with Crippen LogP contribution in [0.15, 0.2) is 48.5 Å². The lowest BCUT2D eigenvalue weighted by Crippen LogP contribution is -2.39. The molecule has 10 heteroatoms. The summed E-state index contributed by atoms with van der Waals surface area (Å²) in [6.45, 7) is 3.38. The summed E-state index contributed by atoms with van der Waals surface area (Å²) in [6.07, 6.45) is 0.714. The van der Waals surface area contributed by atoms with Gasteiger partial charge in [0.25, 0.3) is 0 Å². The highest BCUT2D eigenvalue weighted by molar-refractivity contribution is 5.75. The summed E-state index contributed by atoms with van der Waals surface area (Å²) in [5.41, 5.74) is 7.08. The topological polar surface area (TPSA) is 155 Å². The lowest BCUT2D eigenvalue weighted by atomic mass is 10.1. The van der Waals surface area contributed by atoms with Gasteiger partial charge in [-0.15, -0.1) is 0 Å². The Bertz CT molecular complexity index is 1030. The molecular formula is C24H30N4O6. The van der Waals surface area contributed by atoms with Gasteiger partial charge in [-0.3, -0.25) is 19.8 Å². The number of carbonyl (C=O) groups excluding carboxylic acids is 2. The van der Waals surface area contributed by atoms with Crippen molar-refractivity contribution in [2.45, 2.75) is 45.8 Å². The minimum absolute atomic E-state index is 0.173. The number of hydrogen-bond donors (Lipinski definition) is 4. The second-order valence-electron chi connectivity index (χ2n) is 7.62. The number of nitrogens with zero attached hydrogens (tertiary/aromatic N) is 1. The maximum atomic E-state index is 11.8. The van der Waals surface area contributed by atoms with Gasteiger partial charge in [-0.25, -0.2) is 0 Å². The van der Waals surface area contributed by atoms with Crippen LogP contribution in [0.4, 0.5) is 0 Å². The van der Waals surface area contributed by atoms with Gasteiger partial charge in [-0.2, -0.15) is 0 Å². The Hall–Kier alpha value is -3.92. The number of ether oxygens (including phenoxy) is 2. The predicted molar refractivity (Wildman–Crippen MR) is 125 cm³/mol. The van der Waals surface area contributed by atoms with E-state index in [0.717, 1.165) is 0 Å². The van der Waals surface area contributed by atoms with E-state index in [-0.39, 0.29) is 25.5 Å². The standard InChI is InChI=1S/C24H30N4O6/c1-16(29)33-21-11-5-3-8-18(21)14-27-20(23(31)32)10-7-13-28(24(25)26)15-19-9-4-6-12-22(19)34-17(2)30/h3-6,8-9,11-12,20,27H,7,10,13-15H2,1-2H3,(H3,25,26)(H,31,32)/t20-/m0/s1. The van der Waals surface area contributed by atoms with Crippen molar-refractivity contribution in [1.29, 1.82) is 5.41 Å². The molecule has 34 heavy (non-hydrogen) atoms. The Balaban J connectivity index is 1.97. The minimum Gasteiger partial charge on any atom is -0.480 e. The van der Waals surface area contributed by atoms with Gasteiger partial charge in [0.15, 0.2) is 5.96 Å². The third kappa shape index (κ3) is 8.55. The van der Waals surface area contributed by atoms with Crippen molar-refractivity contribution in [2.75, 3.05) is 6.54 Å². The van der Waals surface area contributed by atoms with Crippen LogP contribution >= 0.6 is 0 Å². The highest BCUT2D eigenvalue weighted by Gasteiger charge is 2.19. The number of guanidine groups is 1. The number of nitrogens with one attached hydrogen (secondary N) is 2. The van der Waals surface area contributed by atoms with Crippen molar-refractivity contribution in [3.05, 3.63) is 59.7 Å². The first-order valence-corrected chi connectivity index (χ1v) is 10.7. The summed E-state index contributed by atoms with van der Waals surface area (Å²) < 4.78 is 10.4. The van der Waals surface area contributed by atoms with Crippen molar-refractivity contribution in [2.24, 2.45) is 5.73 Å². The van der Waals surface area contributed by atoms with E-state index in [0.29, 0.717) is 35.6 Å². The number of nitrogens with two attached hydrogens (primary N) is 1. The molecule has 1 atom stereocenters. The third-order valence-electron chi connectivity index (χ3n) is 4.91. The molecule has 0 aliphatic carbocycles. The van der Waals surface area contributed by atoms with E-state index in [9.17, 15) is 19.5 Å². The molecule has 182 valence electrons. The summed E-state index contributed by atoms with van der Waals surface area (Å²) in [7, 11) is 0. The summed E-state index contributed by atoms with van der Waals surface area (Å²) in [6, 6.07) is 13.0. The molecule has 0 amide bonds. The maximum absolute atomic E-state index is 11.8. The summed E-state index contributed by atoms with van der Waals surface area (Å²) in [4.78, 5) is 36.0. The zero-order valence-electron chi connectivity index (χ0n) is 19.2. The van der Waals surface area contributed by atoms with Crippen LogP contribution in [0.3, 0.4) is 0 Å². The molecule has 0 aromatic heterocycles. The van der Waals surface area contributed by atoms with Crippen molar-refractivity contribution < 1.29 is 29.0 Å². The summed E-state index contributed by atoms with van der Waals surface area (Å²) >= 11 is 0. The molecule has 0 aliphatic heterocycles. The average molecular weight is 471 g/mol. The van der Waals surface area contributed by atoms with Gasteiger partial charge in [-0.05, 0) is 25.0 Å². The SMILES string of the molecule is CC(=O)Oc1ccccc1CN[C@@H](CCCN(Cc1ccccc1OC(C)=O)C(=N)N)C(=O)O. The van der Waals surface area contributed by atoms with Crippen molar-refractivity contribution in [3.8, 4) is 11.5 Å². The lowest BCUT2D eigenvalue weighted by Gasteiger charge is -2.24. The van der Waals surface area contributed by atoms with Crippen molar-refractivity contribution >= 4 is 23.9 Å². The molecule has 0 aliphatic rings. The monoisotopic (exact) mass is 470 g/mol. The van der Waals surface area contributed by atoms with E-state index in [1.165, 1.54) is 13.8 Å². The highest BCUT2D eigenvalue weighted by Crippen LogP contribution is 2.21. The van der Waals surface area contributed by atoms with Gasteiger partial charge in [0.2, 0.25) is 0 Å². The number of carboxylic acid groups (broad SMARTS) is 1. The fourth-order valence-electron chi connectivity index (χ4n) is 3.32. The van der Waals surface area contributed by atoms with E-state index in [2.05, 4.69) is 5.32 Å². The van der Waals surface area contributed by atoms with Crippen molar-refractivity contribution in [1.82, 2.24) is 10.2 Å². The van der Waals surface area contributed by atoms with Crippen LogP contribution in [0.1, 0.15) is 37.8 Å². The fraction of sp³-hybridized carbons (Fsp3) is 0.333. The normalized spacial score (nSPS) is 11.4. The number of rotatable bonds is 12. The summed E-state index contributed by atoms with van der Waals surface area (Å²) in [5.74, 6) is -1.33. The first-order chi connectivity index (χ1) is 16.2. The van der Waals surface area contributed by atoms with Crippen LogP contribution in [0.5, 0.6) is 11.5 Å². The number of carboxylic acids is 1. The Kier molecular flexibility index (Phi) is 10.0. The molecule has 0 radical (unpaired) electrons. The molecule has 0 unspecified atom stereocenters. The maximum Gasteiger partial charge on any atom is 0.320 e. The first-order valence-electron chi connectivity index (χ1n) is 10.7. The van der Waals surface area contributed by atoms with Crippen LogP contribution in [0.2, 0.25) is 0 Å². The van der Waals surface area contributed by atoms with Crippen molar-refractivity contribution in [3.63, 3.8) is 0 Å². The number of esters is 2. The molecule has 2 rings (SSSR count). The number of benzene rings is 2. The average Bonchev–Trinajstić information content (AvgIpc) is 2.76. The van der Waals surface area contributed by atoms with E-state index in [1.807, 2.05) is 0 Å². The number of para-hydroxylation sites is 2. The number of hydrogen-bond acceptors (Lipinski definition) is 7. The van der Waals surface area contributed by atoms with Crippen LogP contribution in [0, 0.1) is 5.41 Å². The Morgan fingerprint density at radius 3 is 2.06 bits per heavy atom. The van der Waals surface area contributed by atoms with Gasteiger partial charge >= 0.3 is 17.9 Å². The van der Waals surface area contributed by atoms with Gasteiger partial charge in [0, 0.05) is 44.6 Å². The minimum atomic E-state index is -1.01. The van der Waals surface area contributed by atoms with Crippen LogP contribution in [-0.4, -0.2) is 46.5 Å². The molecule has 2 aromatic rings. The number of aliphatic carboxylic acids is 1. The zero-order valence-corrected chi connectivity index (χ0v) is 19.2. The lowest BCUT2D eigenvalue weighted by molar-refractivity contribution is -0.140. The molecule has 0 bridgehead atoms. The van der Waals surface area contributed by atoms with Gasteiger partial charge < -0.3 is 30.5 Å². The van der Waals surface area contributed by atoms with E-state index in [1.54, 1.807) is 53.4 Å². The molecule has 0 saturated carbocycles. The smallest absolute Gasteiger partial charge is 0.320 e. The molecule has 0 saturated heterocycles. The zero-order chi connectivity index (χ0) is 25.1. The van der Waals surface area contributed by atoms with E-state index in [4.69, 9.17) is 20.6 Å². The second kappa shape index (κ2) is 12.9. The molecule has 0 fully saturated rings. The van der Waals surface area contributed by atoms with Crippen LogP contribution in [0.25, 0.3) is 0 Å². The van der Waals surface area contributed by atoms with Crippen LogP contribution < -0.4 is 20.5 Å². The largest absolute Gasteiger partial charge is 0.480 e. The molecular weight excluding hydrogens is 440 g/mol. The van der Waals surface area contributed by atoms with Gasteiger partial charge in [0.1, 0.15) is 17.5 Å². The Morgan fingerprint density at radius 2 is 1.53 bits per heavy atom. The van der Waals surface area contributed by atoms with Crippen LogP contribution in [-0.2, 0) is 27.5 Å². The first kappa shape index (κ1) is 26.3. The van der Waals surface area contributed by atoms with E-state index >= 15 is 0 Å². The molecule has 10 nitrogen and oxygen atoms in total. The van der Waals surface area contributed by atoms with Gasteiger partial charge in [-0.1, -0.05) is 36.4 Å². The molecule has 0 spiro atoms. The summed E-state index contributed by atoms with van der Waals surface area (Å²) in [5, 5.41) is 20.5. The predicted octanol–water partition coefficient (Wildman–Crippen LogP) is 2.26. The van der Waals surface area contributed by atoms with E-state index < -0.39 is 23.9 Å². The quantitative estimate of drug-likeness (QED) is 0.158. The molecule has 5 N–H and O–H groups in total. The second-order valence-corrected chi connectivity index (χ2v) is 7.62. The van der Waals surface area contributed by atoms with Gasteiger partial charge in [0.05, 0.1) is 0 Å². The highest BCUT2D eigenvalue weighted by atomic mass is 16.5. The Morgan fingerprint density at radius 1 is 1.00 bits per heavy atom.